The minimum absolute atomic E-state index is 0.0209. The van der Waals surface area contributed by atoms with E-state index in [0.717, 1.165) is 36.0 Å². The summed E-state index contributed by atoms with van der Waals surface area (Å²) in [6.45, 7) is 0.636. The minimum Gasteiger partial charge on any atom is -0.349 e. The van der Waals surface area contributed by atoms with Gasteiger partial charge in [0.15, 0.2) is 0 Å². The highest BCUT2D eigenvalue weighted by molar-refractivity contribution is 5.94. The van der Waals surface area contributed by atoms with E-state index in [1.165, 1.54) is 0 Å². The van der Waals surface area contributed by atoms with Gasteiger partial charge >= 0.3 is 0 Å². The Bertz CT molecular complexity index is 884. The summed E-state index contributed by atoms with van der Waals surface area (Å²) < 4.78 is 2.03. The second kappa shape index (κ2) is 6.69. The van der Waals surface area contributed by atoms with Crippen LogP contribution in [0.4, 0.5) is 0 Å². The van der Waals surface area contributed by atoms with E-state index < -0.39 is 0 Å². The normalized spacial score (nSPS) is 20.0. The largest absolute Gasteiger partial charge is 0.349 e. The Morgan fingerprint density at radius 3 is 2.76 bits per heavy atom. The van der Waals surface area contributed by atoms with Crippen LogP contribution in [0.25, 0.3) is 16.7 Å². The Labute approximate surface area is 146 Å². The van der Waals surface area contributed by atoms with Crippen LogP contribution in [0.1, 0.15) is 29.6 Å². The smallest absolute Gasteiger partial charge is 0.251 e. The van der Waals surface area contributed by atoms with E-state index in [9.17, 15) is 4.79 Å². The maximum absolute atomic E-state index is 12.5. The van der Waals surface area contributed by atoms with Crippen LogP contribution in [0.15, 0.2) is 54.9 Å². The lowest BCUT2D eigenvalue weighted by atomic mass is 10.0. The molecule has 3 N–H and O–H groups in total. The lowest BCUT2D eigenvalue weighted by Gasteiger charge is -2.19. The summed E-state index contributed by atoms with van der Waals surface area (Å²) in [5.41, 5.74) is 9.48. The van der Waals surface area contributed by atoms with Crippen LogP contribution in [0.3, 0.4) is 0 Å². The van der Waals surface area contributed by atoms with Crippen LogP contribution in [-0.2, 0) is 0 Å². The number of amides is 1. The van der Waals surface area contributed by atoms with Crippen molar-refractivity contribution in [3.05, 3.63) is 60.4 Å². The molecule has 1 aliphatic carbocycles. The summed E-state index contributed by atoms with van der Waals surface area (Å²) in [6.07, 6.45) is 5.07. The Kier molecular flexibility index (Phi) is 4.24. The van der Waals surface area contributed by atoms with Gasteiger partial charge in [-0.2, -0.15) is 0 Å². The van der Waals surface area contributed by atoms with E-state index in [0.29, 0.717) is 18.0 Å². The minimum atomic E-state index is -0.0209. The number of rotatable bonds is 4. The number of carbonyl (C=O) groups excluding carboxylic acids is 1. The molecule has 1 amide bonds. The molecule has 0 radical (unpaired) electrons. The first-order chi connectivity index (χ1) is 12.3. The van der Waals surface area contributed by atoms with E-state index in [4.69, 9.17) is 5.73 Å². The third-order valence-electron chi connectivity index (χ3n) is 5.14. The van der Waals surface area contributed by atoms with Gasteiger partial charge in [0, 0.05) is 17.3 Å². The quantitative estimate of drug-likeness (QED) is 0.770. The van der Waals surface area contributed by atoms with Crippen LogP contribution in [-0.4, -0.2) is 28.0 Å². The number of nitrogens with two attached hydrogens (primary N) is 1. The zero-order valence-corrected chi connectivity index (χ0v) is 14.1. The highest BCUT2D eigenvalue weighted by Gasteiger charge is 2.27. The van der Waals surface area contributed by atoms with Crippen molar-refractivity contribution in [1.29, 1.82) is 0 Å². The molecule has 5 heteroatoms. The highest BCUT2D eigenvalue weighted by atomic mass is 16.1. The number of hydrogen-bond acceptors (Lipinski definition) is 3. The van der Waals surface area contributed by atoms with Crippen molar-refractivity contribution in [2.45, 2.75) is 25.3 Å². The van der Waals surface area contributed by atoms with Crippen molar-refractivity contribution < 1.29 is 4.79 Å². The van der Waals surface area contributed by atoms with Crippen molar-refractivity contribution in [3.8, 4) is 5.69 Å². The van der Waals surface area contributed by atoms with Gasteiger partial charge in [-0.25, -0.2) is 4.98 Å². The van der Waals surface area contributed by atoms with E-state index in [1.807, 2.05) is 59.4 Å². The molecule has 1 heterocycles. The van der Waals surface area contributed by atoms with Gasteiger partial charge in [-0.3, -0.25) is 9.36 Å². The number of benzene rings is 2. The SMILES string of the molecule is NCC1CCCC1NC(=O)c1ccc(-n2cnc3ccccc32)cc1. The summed E-state index contributed by atoms with van der Waals surface area (Å²) in [7, 11) is 0. The van der Waals surface area contributed by atoms with Gasteiger partial charge in [-0.1, -0.05) is 18.6 Å². The number of carbonyl (C=O) groups is 1. The summed E-state index contributed by atoms with van der Waals surface area (Å²) in [5, 5.41) is 3.14. The van der Waals surface area contributed by atoms with Crippen LogP contribution in [0.5, 0.6) is 0 Å². The Morgan fingerprint density at radius 2 is 1.96 bits per heavy atom. The number of para-hydroxylation sites is 2. The second-order valence-corrected chi connectivity index (χ2v) is 6.66. The molecule has 128 valence electrons. The fraction of sp³-hybridized carbons (Fsp3) is 0.300. The Morgan fingerprint density at radius 1 is 1.16 bits per heavy atom. The lowest BCUT2D eigenvalue weighted by molar-refractivity contribution is 0.0929. The van der Waals surface area contributed by atoms with E-state index >= 15 is 0 Å². The van der Waals surface area contributed by atoms with Gasteiger partial charge < -0.3 is 11.1 Å². The molecule has 1 aliphatic rings. The van der Waals surface area contributed by atoms with Crippen molar-refractivity contribution in [3.63, 3.8) is 0 Å². The molecule has 0 bridgehead atoms. The number of aromatic nitrogens is 2. The fourth-order valence-corrected chi connectivity index (χ4v) is 3.70. The van der Waals surface area contributed by atoms with Crippen molar-refractivity contribution >= 4 is 16.9 Å². The topological polar surface area (TPSA) is 72.9 Å². The summed E-state index contributed by atoms with van der Waals surface area (Å²) in [5.74, 6) is 0.382. The molecule has 4 rings (SSSR count). The zero-order chi connectivity index (χ0) is 17.2. The van der Waals surface area contributed by atoms with Crippen LogP contribution in [0.2, 0.25) is 0 Å². The molecule has 0 saturated heterocycles. The van der Waals surface area contributed by atoms with Crippen LogP contribution in [0, 0.1) is 5.92 Å². The van der Waals surface area contributed by atoms with Gasteiger partial charge in [0.25, 0.3) is 5.91 Å². The highest BCUT2D eigenvalue weighted by Crippen LogP contribution is 2.25. The number of nitrogens with zero attached hydrogens (tertiary/aromatic N) is 2. The maximum Gasteiger partial charge on any atom is 0.251 e. The third kappa shape index (κ3) is 3.03. The lowest BCUT2D eigenvalue weighted by Crippen LogP contribution is -2.39. The average molecular weight is 334 g/mol. The molecule has 0 aliphatic heterocycles. The van der Waals surface area contributed by atoms with Crippen molar-refractivity contribution in [1.82, 2.24) is 14.9 Å². The van der Waals surface area contributed by atoms with Crippen molar-refractivity contribution in [2.24, 2.45) is 11.7 Å². The third-order valence-corrected chi connectivity index (χ3v) is 5.14. The van der Waals surface area contributed by atoms with Gasteiger partial charge in [0.2, 0.25) is 0 Å². The molecule has 25 heavy (non-hydrogen) atoms. The summed E-state index contributed by atoms with van der Waals surface area (Å²) in [4.78, 5) is 16.9. The van der Waals surface area contributed by atoms with E-state index in [1.54, 1.807) is 0 Å². The molecular formula is C20H22N4O. The molecule has 0 spiro atoms. The molecule has 5 nitrogen and oxygen atoms in total. The molecule has 1 saturated carbocycles. The molecule has 2 aromatic carbocycles. The molecule has 1 fully saturated rings. The number of nitrogens with one attached hydrogen (secondary N) is 1. The molecule has 2 unspecified atom stereocenters. The molecule has 1 aromatic heterocycles. The maximum atomic E-state index is 12.5. The average Bonchev–Trinajstić information content (AvgIpc) is 3.28. The van der Waals surface area contributed by atoms with E-state index in [-0.39, 0.29) is 11.9 Å². The number of fused-ring (bicyclic) bond motifs is 1. The van der Waals surface area contributed by atoms with Gasteiger partial charge in [-0.15, -0.1) is 0 Å². The van der Waals surface area contributed by atoms with Gasteiger partial charge in [0.05, 0.1) is 11.0 Å². The second-order valence-electron chi connectivity index (χ2n) is 6.66. The standard InChI is InChI=1S/C20H22N4O/c21-12-15-4-3-6-17(15)23-20(25)14-8-10-16(11-9-14)24-13-22-18-5-1-2-7-19(18)24/h1-2,5,7-11,13,15,17H,3-4,6,12,21H2,(H,23,25). The molecule has 2 atom stereocenters. The number of imidazole rings is 1. The van der Waals surface area contributed by atoms with Gasteiger partial charge in [-0.05, 0) is 61.7 Å². The van der Waals surface area contributed by atoms with Gasteiger partial charge in [0.1, 0.15) is 6.33 Å². The predicted octanol–water partition coefficient (Wildman–Crippen LogP) is 2.88. The summed E-state index contributed by atoms with van der Waals surface area (Å²) >= 11 is 0. The first-order valence-electron chi connectivity index (χ1n) is 8.80. The first-order valence-corrected chi connectivity index (χ1v) is 8.80. The fourth-order valence-electron chi connectivity index (χ4n) is 3.70. The first kappa shape index (κ1) is 15.8. The van der Waals surface area contributed by atoms with Crippen LogP contribution >= 0.6 is 0 Å². The number of hydrogen-bond donors (Lipinski definition) is 2. The van der Waals surface area contributed by atoms with Crippen LogP contribution < -0.4 is 11.1 Å². The monoisotopic (exact) mass is 334 g/mol. The zero-order valence-electron chi connectivity index (χ0n) is 14.1. The van der Waals surface area contributed by atoms with E-state index in [2.05, 4.69) is 10.3 Å². The summed E-state index contributed by atoms with van der Waals surface area (Å²) in [6, 6.07) is 15.9. The Hall–Kier alpha value is -2.66. The Balaban J connectivity index is 1.53. The molecular weight excluding hydrogens is 312 g/mol. The predicted molar refractivity (Wildman–Crippen MR) is 98.7 cm³/mol. The van der Waals surface area contributed by atoms with Crippen molar-refractivity contribution in [2.75, 3.05) is 6.54 Å². The molecule has 3 aromatic rings.